The highest BCUT2D eigenvalue weighted by molar-refractivity contribution is 6.08. The monoisotopic (exact) mass is 332 g/mol. The van der Waals surface area contributed by atoms with Crippen LogP contribution in [-0.4, -0.2) is 19.5 Å². The second-order valence-corrected chi connectivity index (χ2v) is 5.27. The minimum Gasteiger partial charge on any atom is -0.493 e. The van der Waals surface area contributed by atoms with E-state index in [1.165, 1.54) is 25.3 Å². The Kier molecular flexibility index (Phi) is 5.68. The first kappa shape index (κ1) is 17.7. The van der Waals surface area contributed by atoms with Gasteiger partial charge in [0, 0.05) is 11.1 Å². The zero-order valence-electron chi connectivity index (χ0n) is 13.7. The molecule has 0 heterocycles. The summed E-state index contributed by atoms with van der Waals surface area (Å²) in [5.41, 5.74) is 2.83. The van der Waals surface area contributed by atoms with Crippen LogP contribution in [0.2, 0.25) is 0 Å². The first-order chi connectivity index (χ1) is 11.4. The number of benzene rings is 2. The molecule has 0 spiro atoms. The van der Waals surface area contributed by atoms with Crippen molar-refractivity contribution in [3.8, 4) is 11.5 Å². The predicted octanol–water partition coefficient (Wildman–Crippen LogP) is 4.81. The van der Waals surface area contributed by atoms with Crippen LogP contribution in [0.25, 0.3) is 6.08 Å². The van der Waals surface area contributed by atoms with E-state index in [4.69, 9.17) is 4.74 Å². The Bertz CT molecular complexity index is 767. The van der Waals surface area contributed by atoms with Crippen molar-refractivity contribution in [2.75, 3.05) is 7.11 Å². The molecule has 0 aliphatic rings. The average molecular weight is 332 g/mol. The number of ether oxygens (including phenoxy) is 2. The van der Waals surface area contributed by atoms with Crippen LogP contribution in [0.5, 0.6) is 11.5 Å². The summed E-state index contributed by atoms with van der Waals surface area (Å²) in [7, 11) is 1.36. The third kappa shape index (κ3) is 4.19. The second-order valence-electron chi connectivity index (χ2n) is 5.27. The maximum Gasteiger partial charge on any atom is 0.387 e. The minimum atomic E-state index is -2.98. The van der Waals surface area contributed by atoms with Gasteiger partial charge in [0.05, 0.1) is 7.11 Å². The van der Waals surface area contributed by atoms with Gasteiger partial charge in [-0.25, -0.2) is 0 Å². The molecule has 2 aromatic carbocycles. The van der Waals surface area contributed by atoms with Gasteiger partial charge in [0.15, 0.2) is 17.3 Å². The van der Waals surface area contributed by atoms with Crippen molar-refractivity contribution in [2.24, 2.45) is 0 Å². The Labute approximate surface area is 139 Å². The number of alkyl halides is 2. The van der Waals surface area contributed by atoms with Crippen LogP contribution >= 0.6 is 0 Å². The molecule has 5 heteroatoms. The number of ketones is 1. The summed E-state index contributed by atoms with van der Waals surface area (Å²) in [6.07, 6.45) is 2.78. The third-order valence-corrected chi connectivity index (χ3v) is 3.50. The van der Waals surface area contributed by atoms with Crippen molar-refractivity contribution < 1.29 is 23.0 Å². The summed E-state index contributed by atoms with van der Waals surface area (Å²) in [6, 6.07) is 10.2. The van der Waals surface area contributed by atoms with E-state index in [9.17, 15) is 13.6 Å². The summed E-state index contributed by atoms with van der Waals surface area (Å²) in [4.78, 5) is 12.3. The maximum atomic E-state index is 12.6. The molecule has 0 radical (unpaired) electrons. The fraction of sp³-hybridized carbons (Fsp3) is 0.211. The molecule has 0 amide bonds. The Balaban J connectivity index is 2.32. The number of rotatable bonds is 6. The first-order valence-electron chi connectivity index (χ1n) is 7.34. The Hall–Kier alpha value is -2.69. The molecule has 126 valence electrons. The van der Waals surface area contributed by atoms with E-state index in [0.717, 1.165) is 11.1 Å². The van der Waals surface area contributed by atoms with Gasteiger partial charge in [-0.3, -0.25) is 4.79 Å². The molecule has 0 aliphatic carbocycles. The van der Waals surface area contributed by atoms with Crippen molar-refractivity contribution in [3.05, 3.63) is 64.7 Å². The zero-order chi connectivity index (χ0) is 17.7. The summed E-state index contributed by atoms with van der Waals surface area (Å²) in [5.74, 6) is -0.130. The van der Waals surface area contributed by atoms with Crippen LogP contribution in [0.1, 0.15) is 27.0 Å². The fourth-order valence-corrected chi connectivity index (χ4v) is 2.39. The standard InChI is InChI=1S/C19H18F2O3/c1-12-7-9-15(13(2)11-12)16(22)10-8-14-5-4-6-17(23-3)18(14)24-19(20)21/h4-11,19H,1-3H3/b10-8+. The number of carbonyl (C=O) groups excluding carboxylic acids is 1. The van der Waals surface area contributed by atoms with Gasteiger partial charge in [-0.15, -0.1) is 0 Å². The molecular weight excluding hydrogens is 314 g/mol. The lowest BCUT2D eigenvalue weighted by atomic mass is 10.0. The molecule has 3 nitrogen and oxygen atoms in total. The van der Waals surface area contributed by atoms with Crippen LogP contribution in [-0.2, 0) is 0 Å². The maximum absolute atomic E-state index is 12.6. The molecule has 0 aromatic heterocycles. The van der Waals surface area contributed by atoms with Gasteiger partial charge < -0.3 is 9.47 Å². The van der Waals surface area contributed by atoms with Gasteiger partial charge in [0.25, 0.3) is 0 Å². The molecule has 0 aliphatic heterocycles. The predicted molar refractivity (Wildman–Crippen MR) is 88.9 cm³/mol. The van der Waals surface area contributed by atoms with Crippen molar-refractivity contribution in [1.29, 1.82) is 0 Å². The Morgan fingerprint density at radius 3 is 2.54 bits per heavy atom. The summed E-state index contributed by atoms with van der Waals surface area (Å²) in [6.45, 7) is 0.815. The summed E-state index contributed by atoms with van der Waals surface area (Å²) >= 11 is 0. The molecular formula is C19H18F2O3. The van der Waals surface area contributed by atoms with Crippen molar-refractivity contribution in [3.63, 3.8) is 0 Å². The molecule has 0 saturated heterocycles. The van der Waals surface area contributed by atoms with E-state index < -0.39 is 6.61 Å². The highest BCUT2D eigenvalue weighted by Gasteiger charge is 2.14. The highest BCUT2D eigenvalue weighted by Crippen LogP contribution is 2.33. The SMILES string of the molecule is COc1cccc(/C=C/C(=O)c2ccc(C)cc2C)c1OC(F)F. The number of para-hydroxylation sites is 1. The fourth-order valence-electron chi connectivity index (χ4n) is 2.39. The van der Waals surface area contributed by atoms with Crippen molar-refractivity contribution in [1.82, 2.24) is 0 Å². The van der Waals surface area contributed by atoms with Crippen LogP contribution in [0, 0.1) is 13.8 Å². The van der Waals surface area contributed by atoms with Crippen molar-refractivity contribution in [2.45, 2.75) is 20.5 Å². The molecule has 0 atom stereocenters. The lowest BCUT2D eigenvalue weighted by molar-refractivity contribution is -0.0513. The Morgan fingerprint density at radius 2 is 1.92 bits per heavy atom. The van der Waals surface area contributed by atoms with Gasteiger partial charge >= 0.3 is 6.61 Å². The number of methoxy groups -OCH3 is 1. The summed E-state index contributed by atoms with van der Waals surface area (Å²) in [5, 5.41) is 0. The van der Waals surface area contributed by atoms with Gasteiger partial charge in [-0.2, -0.15) is 8.78 Å². The van der Waals surface area contributed by atoms with Crippen LogP contribution in [0.3, 0.4) is 0 Å². The highest BCUT2D eigenvalue weighted by atomic mass is 19.3. The summed E-state index contributed by atoms with van der Waals surface area (Å²) < 4.78 is 34.8. The number of aryl methyl sites for hydroxylation is 2. The number of carbonyl (C=O) groups is 1. The molecule has 2 aromatic rings. The largest absolute Gasteiger partial charge is 0.493 e. The van der Waals surface area contributed by atoms with Gasteiger partial charge in [0.2, 0.25) is 0 Å². The van der Waals surface area contributed by atoms with E-state index in [-0.39, 0.29) is 17.3 Å². The van der Waals surface area contributed by atoms with Crippen LogP contribution < -0.4 is 9.47 Å². The van der Waals surface area contributed by atoms with E-state index in [2.05, 4.69) is 4.74 Å². The van der Waals surface area contributed by atoms with E-state index >= 15 is 0 Å². The number of halogens is 2. The molecule has 0 saturated carbocycles. The van der Waals surface area contributed by atoms with Crippen molar-refractivity contribution >= 4 is 11.9 Å². The van der Waals surface area contributed by atoms with Gasteiger partial charge in [0.1, 0.15) is 0 Å². The molecule has 2 rings (SSSR count). The number of hydrogen-bond acceptors (Lipinski definition) is 3. The van der Waals surface area contributed by atoms with Gasteiger partial charge in [-0.05, 0) is 37.6 Å². The minimum absolute atomic E-state index is 0.0975. The molecule has 0 unspecified atom stereocenters. The van der Waals surface area contributed by atoms with E-state index in [0.29, 0.717) is 11.1 Å². The first-order valence-corrected chi connectivity index (χ1v) is 7.34. The number of allylic oxidation sites excluding steroid dienone is 1. The zero-order valence-corrected chi connectivity index (χ0v) is 13.7. The normalized spacial score (nSPS) is 11.1. The quantitative estimate of drug-likeness (QED) is 0.562. The Morgan fingerprint density at radius 1 is 1.17 bits per heavy atom. The molecule has 0 bridgehead atoms. The third-order valence-electron chi connectivity index (χ3n) is 3.50. The topological polar surface area (TPSA) is 35.5 Å². The number of hydrogen-bond donors (Lipinski definition) is 0. The lowest BCUT2D eigenvalue weighted by Gasteiger charge is -2.12. The molecule has 0 fully saturated rings. The van der Waals surface area contributed by atoms with Crippen LogP contribution in [0.4, 0.5) is 8.78 Å². The smallest absolute Gasteiger partial charge is 0.387 e. The second kappa shape index (κ2) is 7.73. The van der Waals surface area contributed by atoms with E-state index in [1.807, 2.05) is 26.0 Å². The lowest BCUT2D eigenvalue weighted by Crippen LogP contribution is -2.05. The molecule has 0 N–H and O–H groups in total. The van der Waals surface area contributed by atoms with Gasteiger partial charge in [-0.1, -0.05) is 35.9 Å². The molecule has 24 heavy (non-hydrogen) atoms. The average Bonchev–Trinajstić information content (AvgIpc) is 2.53. The van der Waals surface area contributed by atoms with Crippen LogP contribution in [0.15, 0.2) is 42.5 Å². The van der Waals surface area contributed by atoms with E-state index in [1.54, 1.807) is 18.2 Å².